The molecule has 2 heteroatoms. The van der Waals surface area contributed by atoms with E-state index in [1.165, 1.54) is 24.8 Å². The van der Waals surface area contributed by atoms with Crippen LogP contribution in [0.15, 0.2) is 6.20 Å². The molecular formula is C11H18N2. The Kier molecular flexibility index (Phi) is 3.87. The van der Waals surface area contributed by atoms with Crippen LogP contribution in [0.25, 0.3) is 0 Å². The van der Waals surface area contributed by atoms with Crippen LogP contribution in [0.1, 0.15) is 43.3 Å². The monoisotopic (exact) mass is 178 g/mol. The Hall–Kier alpha value is -0.920. The highest BCUT2D eigenvalue weighted by Gasteiger charge is 1.99. The smallest absolute Gasteiger partial charge is 0.125 e. The average molecular weight is 178 g/mol. The van der Waals surface area contributed by atoms with E-state index in [0.29, 0.717) is 0 Å². The number of aryl methyl sites for hydroxylation is 3. The second kappa shape index (κ2) is 4.95. The highest BCUT2D eigenvalue weighted by molar-refractivity contribution is 5.15. The predicted molar refractivity (Wildman–Crippen MR) is 54.7 cm³/mol. The van der Waals surface area contributed by atoms with Crippen molar-refractivity contribution in [2.45, 2.75) is 46.5 Å². The highest BCUT2D eigenvalue weighted by Crippen LogP contribution is 2.08. The molecule has 0 atom stereocenters. The molecule has 1 aromatic rings. The lowest BCUT2D eigenvalue weighted by molar-refractivity contribution is 0.709. The lowest BCUT2D eigenvalue weighted by Crippen LogP contribution is -1.97. The van der Waals surface area contributed by atoms with Crippen molar-refractivity contribution in [3.05, 3.63) is 23.3 Å². The van der Waals surface area contributed by atoms with Gasteiger partial charge in [0, 0.05) is 11.9 Å². The number of hydrogen-bond donors (Lipinski definition) is 0. The molecule has 0 aliphatic heterocycles. The maximum atomic E-state index is 4.34. The fraction of sp³-hybridized carbons (Fsp3) is 0.636. The number of hydrogen-bond acceptors (Lipinski definition) is 2. The van der Waals surface area contributed by atoms with Gasteiger partial charge in [0.25, 0.3) is 0 Å². The zero-order chi connectivity index (χ0) is 9.68. The molecule has 0 aromatic carbocycles. The minimum absolute atomic E-state index is 0.872. The molecule has 0 saturated heterocycles. The second-order valence-electron chi connectivity index (χ2n) is 3.48. The van der Waals surface area contributed by atoms with Crippen molar-refractivity contribution in [3.8, 4) is 0 Å². The lowest BCUT2D eigenvalue weighted by atomic mass is 10.1. The van der Waals surface area contributed by atoms with Crippen LogP contribution in [-0.4, -0.2) is 9.97 Å². The van der Waals surface area contributed by atoms with Crippen LogP contribution in [0, 0.1) is 13.8 Å². The fourth-order valence-corrected chi connectivity index (χ4v) is 1.42. The minimum Gasteiger partial charge on any atom is -0.241 e. The van der Waals surface area contributed by atoms with Crippen molar-refractivity contribution in [1.29, 1.82) is 0 Å². The van der Waals surface area contributed by atoms with Crippen molar-refractivity contribution in [2.75, 3.05) is 0 Å². The summed E-state index contributed by atoms with van der Waals surface area (Å²) in [6.45, 7) is 6.22. The Labute approximate surface area is 80.4 Å². The van der Waals surface area contributed by atoms with Crippen LogP contribution in [0.5, 0.6) is 0 Å². The van der Waals surface area contributed by atoms with Gasteiger partial charge in [0.2, 0.25) is 0 Å². The average Bonchev–Trinajstić information content (AvgIpc) is 2.09. The Balaban J connectivity index is 2.56. The molecule has 0 spiro atoms. The van der Waals surface area contributed by atoms with Crippen LogP contribution in [-0.2, 0) is 6.42 Å². The molecule has 0 unspecified atom stereocenters. The summed E-state index contributed by atoms with van der Waals surface area (Å²) in [7, 11) is 0. The second-order valence-corrected chi connectivity index (χ2v) is 3.48. The fourth-order valence-electron chi connectivity index (χ4n) is 1.42. The standard InChI is InChI=1S/C11H18N2/c1-4-5-6-7-11-8-12-10(3)13-9(11)2/h8H,4-7H2,1-3H3. The van der Waals surface area contributed by atoms with E-state index < -0.39 is 0 Å². The molecule has 2 nitrogen and oxygen atoms in total. The Morgan fingerprint density at radius 1 is 1.23 bits per heavy atom. The van der Waals surface area contributed by atoms with Crippen LogP contribution < -0.4 is 0 Å². The summed E-state index contributed by atoms with van der Waals surface area (Å²) in [5.41, 5.74) is 2.45. The van der Waals surface area contributed by atoms with E-state index in [1.807, 2.05) is 13.1 Å². The molecular weight excluding hydrogens is 160 g/mol. The topological polar surface area (TPSA) is 25.8 Å². The lowest BCUT2D eigenvalue weighted by Gasteiger charge is -2.04. The van der Waals surface area contributed by atoms with Crippen LogP contribution in [0.3, 0.4) is 0 Å². The summed E-state index contributed by atoms with van der Waals surface area (Å²) < 4.78 is 0. The van der Waals surface area contributed by atoms with Gasteiger partial charge in [0.15, 0.2) is 0 Å². The highest BCUT2D eigenvalue weighted by atomic mass is 14.9. The first-order valence-electron chi connectivity index (χ1n) is 5.03. The normalized spacial score (nSPS) is 10.4. The van der Waals surface area contributed by atoms with Gasteiger partial charge in [-0.15, -0.1) is 0 Å². The molecule has 0 aliphatic rings. The van der Waals surface area contributed by atoms with Gasteiger partial charge in [0.05, 0.1) is 0 Å². The summed E-state index contributed by atoms with van der Waals surface area (Å²) >= 11 is 0. The molecule has 0 radical (unpaired) electrons. The molecule has 1 aromatic heterocycles. The molecule has 1 heterocycles. The van der Waals surface area contributed by atoms with Crippen LogP contribution in [0.4, 0.5) is 0 Å². The molecule has 72 valence electrons. The van der Waals surface area contributed by atoms with Crippen LogP contribution in [0.2, 0.25) is 0 Å². The van der Waals surface area contributed by atoms with E-state index in [0.717, 1.165) is 17.9 Å². The maximum Gasteiger partial charge on any atom is 0.125 e. The zero-order valence-electron chi connectivity index (χ0n) is 8.80. The first-order valence-corrected chi connectivity index (χ1v) is 5.03. The molecule has 0 aliphatic carbocycles. The van der Waals surface area contributed by atoms with Gasteiger partial charge in [-0.3, -0.25) is 0 Å². The summed E-state index contributed by atoms with van der Waals surface area (Å²) in [5, 5.41) is 0. The molecule has 1 rings (SSSR count). The number of rotatable bonds is 4. The Morgan fingerprint density at radius 2 is 2.00 bits per heavy atom. The van der Waals surface area contributed by atoms with Gasteiger partial charge < -0.3 is 0 Å². The van der Waals surface area contributed by atoms with Gasteiger partial charge in [-0.1, -0.05) is 19.8 Å². The van der Waals surface area contributed by atoms with Gasteiger partial charge >= 0.3 is 0 Å². The first kappa shape index (κ1) is 10.2. The van der Waals surface area contributed by atoms with E-state index in [9.17, 15) is 0 Å². The van der Waals surface area contributed by atoms with Gasteiger partial charge in [-0.25, -0.2) is 9.97 Å². The zero-order valence-corrected chi connectivity index (χ0v) is 8.80. The Morgan fingerprint density at radius 3 is 2.62 bits per heavy atom. The van der Waals surface area contributed by atoms with Crippen molar-refractivity contribution >= 4 is 0 Å². The molecule has 0 bridgehead atoms. The van der Waals surface area contributed by atoms with E-state index >= 15 is 0 Å². The van der Waals surface area contributed by atoms with Gasteiger partial charge in [-0.2, -0.15) is 0 Å². The predicted octanol–water partition coefficient (Wildman–Crippen LogP) is 2.83. The van der Waals surface area contributed by atoms with Gasteiger partial charge in [-0.05, 0) is 32.3 Å². The quantitative estimate of drug-likeness (QED) is 0.662. The van der Waals surface area contributed by atoms with Crippen molar-refractivity contribution in [3.63, 3.8) is 0 Å². The third-order valence-electron chi connectivity index (χ3n) is 2.25. The van der Waals surface area contributed by atoms with E-state index in [1.54, 1.807) is 0 Å². The SMILES string of the molecule is CCCCCc1cnc(C)nc1C. The summed E-state index contributed by atoms with van der Waals surface area (Å²) in [6, 6.07) is 0. The molecule has 0 fully saturated rings. The van der Waals surface area contributed by atoms with Crippen molar-refractivity contribution in [1.82, 2.24) is 9.97 Å². The first-order chi connectivity index (χ1) is 6.24. The summed E-state index contributed by atoms with van der Waals surface area (Å²) in [5.74, 6) is 0.872. The van der Waals surface area contributed by atoms with Crippen LogP contribution >= 0.6 is 0 Å². The summed E-state index contributed by atoms with van der Waals surface area (Å²) in [6.07, 6.45) is 6.91. The van der Waals surface area contributed by atoms with Gasteiger partial charge in [0.1, 0.15) is 5.82 Å². The van der Waals surface area contributed by atoms with Crippen molar-refractivity contribution in [2.24, 2.45) is 0 Å². The minimum atomic E-state index is 0.872. The van der Waals surface area contributed by atoms with E-state index in [2.05, 4.69) is 23.8 Å². The Bertz CT molecular complexity index is 269. The third kappa shape index (κ3) is 3.13. The number of unbranched alkanes of at least 4 members (excludes halogenated alkanes) is 2. The number of nitrogens with zero attached hydrogens (tertiary/aromatic N) is 2. The van der Waals surface area contributed by atoms with E-state index in [-0.39, 0.29) is 0 Å². The summed E-state index contributed by atoms with van der Waals surface area (Å²) in [4.78, 5) is 8.55. The number of aromatic nitrogens is 2. The van der Waals surface area contributed by atoms with E-state index in [4.69, 9.17) is 0 Å². The molecule has 13 heavy (non-hydrogen) atoms. The maximum absolute atomic E-state index is 4.34. The largest absolute Gasteiger partial charge is 0.241 e. The molecule has 0 amide bonds. The molecule has 0 N–H and O–H groups in total. The van der Waals surface area contributed by atoms with Crippen molar-refractivity contribution < 1.29 is 0 Å². The molecule has 0 saturated carbocycles. The third-order valence-corrected chi connectivity index (χ3v) is 2.25.